The lowest BCUT2D eigenvalue weighted by atomic mass is 10.1. The van der Waals surface area contributed by atoms with E-state index in [4.69, 9.17) is 20.7 Å². The van der Waals surface area contributed by atoms with E-state index in [2.05, 4.69) is 40.0 Å². The molecule has 1 aliphatic rings. The second kappa shape index (κ2) is 14.7. The predicted molar refractivity (Wildman–Crippen MR) is 168 cm³/mol. The molecule has 4 heterocycles. The summed E-state index contributed by atoms with van der Waals surface area (Å²) in [5, 5.41) is 10.2. The molecule has 0 radical (unpaired) electrons. The van der Waals surface area contributed by atoms with Crippen LogP contribution >= 0.6 is 0 Å². The van der Waals surface area contributed by atoms with Gasteiger partial charge in [0.05, 0.1) is 48.8 Å². The Labute approximate surface area is 264 Å². The molecule has 3 aromatic heterocycles. The third kappa shape index (κ3) is 7.50. The number of amides is 2. The first kappa shape index (κ1) is 32.9. The van der Waals surface area contributed by atoms with Crippen LogP contribution in [0.3, 0.4) is 0 Å². The third-order valence-electron chi connectivity index (χ3n) is 7.64. The number of fused-ring (bicyclic) bond motifs is 2. The number of anilines is 1. The van der Waals surface area contributed by atoms with Gasteiger partial charge >= 0.3 is 11.4 Å². The molecule has 0 spiro atoms. The SMILES string of the molecule is Cn1c(=O)oc(=O)c2ccc(C(=O)N3C[C@@H](N=[N+]=[N-])C[C@H]3C(=O)NCCOCCOCCNCc3c[nH]c4nc(N)[nH]c(=O)c34)cc21. The Morgan fingerprint density at radius 3 is 2.72 bits per heavy atom. The Balaban J connectivity index is 1.04. The van der Waals surface area contributed by atoms with Crippen LogP contribution in [0.4, 0.5) is 5.95 Å². The Hall–Kier alpha value is -5.49. The van der Waals surface area contributed by atoms with Crippen molar-refractivity contribution in [2.24, 2.45) is 12.2 Å². The van der Waals surface area contributed by atoms with Gasteiger partial charge in [0.1, 0.15) is 11.7 Å². The maximum Gasteiger partial charge on any atom is 0.422 e. The van der Waals surface area contributed by atoms with E-state index in [1.807, 2.05) is 0 Å². The van der Waals surface area contributed by atoms with E-state index < -0.39 is 35.3 Å². The number of benzene rings is 1. The van der Waals surface area contributed by atoms with Gasteiger partial charge in [-0.15, -0.1) is 0 Å². The van der Waals surface area contributed by atoms with Gasteiger partial charge in [-0.1, -0.05) is 5.11 Å². The van der Waals surface area contributed by atoms with E-state index in [1.165, 1.54) is 30.1 Å². The molecule has 2 amide bonds. The smallest absolute Gasteiger partial charge is 0.378 e. The topological polar surface area (TPSA) is 268 Å². The number of nitrogen functional groups attached to an aromatic ring is 1. The predicted octanol–water partition coefficient (Wildman–Crippen LogP) is -0.529. The second-order valence-electron chi connectivity index (χ2n) is 10.7. The van der Waals surface area contributed by atoms with Crippen LogP contribution in [0.25, 0.3) is 32.4 Å². The maximum atomic E-state index is 13.5. The summed E-state index contributed by atoms with van der Waals surface area (Å²) in [6, 6.07) is 2.66. The van der Waals surface area contributed by atoms with E-state index in [1.54, 1.807) is 6.20 Å². The van der Waals surface area contributed by atoms with Crippen molar-refractivity contribution in [1.82, 2.24) is 35.1 Å². The molecule has 19 heteroatoms. The summed E-state index contributed by atoms with van der Waals surface area (Å²) in [4.78, 5) is 76.3. The molecule has 1 saturated heterocycles. The number of aryl methyl sites for hydroxylation is 1. The van der Waals surface area contributed by atoms with Crippen molar-refractivity contribution in [3.63, 3.8) is 0 Å². The molecule has 1 fully saturated rings. The molecule has 0 aliphatic carbocycles. The van der Waals surface area contributed by atoms with E-state index >= 15 is 0 Å². The minimum absolute atomic E-state index is 0.0178. The number of nitrogens with zero attached hydrogens (tertiary/aromatic N) is 6. The maximum absolute atomic E-state index is 13.5. The highest BCUT2D eigenvalue weighted by molar-refractivity contribution is 6.00. The monoisotopic (exact) mass is 651 g/mol. The number of carbonyl (C=O) groups is 2. The first-order valence-corrected chi connectivity index (χ1v) is 14.7. The number of hydrogen-bond acceptors (Lipinski definition) is 12. The first-order valence-electron chi connectivity index (χ1n) is 14.7. The summed E-state index contributed by atoms with van der Waals surface area (Å²) in [6.45, 7) is 2.37. The molecule has 5 rings (SSSR count). The number of nitrogens with one attached hydrogen (secondary N) is 4. The minimum atomic E-state index is -0.911. The van der Waals surface area contributed by atoms with Crippen molar-refractivity contribution >= 4 is 39.7 Å². The van der Waals surface area contributed by atoms with Crippen LogP contribution in [-0.2, 0) is 27.9 Å². The average molecular weight is 652 g/mol. The molecule has 2 atom stereocenters. The molecule has 0 saturated carbocycles. The number of carbonyl (C=O) groups excluding carboxylic acids is 2. The largest absolute Gasteiger partial charge is 0.422 e. The van der Waals surface area contributed by atoms with Crippen LogP contribution in [0.15, 0.2) is 48.3 Å². The zero-order valence-electron chi connectivity index (χ0n) is 25.4. The van der Waals surface area contributed by atoms with Crippen molar-refractivity contribution in [2.45, 2.75) is 25.0 Å². The van der Waals surface area contributed by atoms with Crippen molar-refractivity contribution in [3.05, 3.63) is 77.3 Å². The van der Waals surface area contributed by atoms with E-state index in [9.17, 15) is 24.0 Å². The van der Waals surface area contributed by atoms with Gasteiger partial charge in [-0.3, -0.25) is 23.9 Å². The Morgan fingerprint density at radius 1 is 1.19 bits per heavy atom. The Kier molecular flexibility index (Phi) is 10.3. The van der Waals surface area contributed by atoms with Crippen LogP contribution < -0.4 is 33.3 Å². The lowest BCUT2D eigenvalue weighted by Gasteiger charge is -2.24. The number of nitrogens with two attached hydrogens (primary N) is 1. The lowest BCUT2D eigenvalue weighted by molar-refractivity contribution is -0.125. The van der Waals surface area contributed by atoms with E-state index in [0.717, 1.165) is 10.1 Å². The number of aromatic nitrogens is 4. The molecule has 0 unspecified atom stereocenters. The molecule has 4 aromatic rings. The van der Waals surface area contributed by atoms with Crippen molar-refractivity contribution in [2.75, 3.05) is 51.8 Å². The fourth-order valence-electron chi connectivity index (χ4n) is 5.34. The highest BCUT2D eigenvalue weighted by atomic mass is 16.5. The van der Waals surface area contributed by atoms with Crippen molar-refractivity contribution in [3.8, 4) is 0 Å². The zero-order chi connectivity index (χ0) is 33.5. The molecule has 47 heavy (non-hydrogen) atoms. The lowest BCUT2D eigenvalue weighted by Crippen LogP contribution is -2.46. The van der Waals surface area contributed by atoms with Gasteiger partial charge in [0.2, 0.25) is 11.9 Å². The van der Waals surface area contributed by atoms with Crippen LogP contribution in [0, 0.1) is 0 Å². The highest BCUT2D eigenvalue weighted by Crippen LogP contribution is 2.24. The normalized spacial score (nSPS) is 16.1. The molecule has 0 bridgehead atoms. The summed E-state index contributed by atoms with van der Waals surface area (Å²) in [5.74, 6) is -1.79. The molecular weight excluding hydrogens is 618 g/mol. The van der Waals surface area contributed by atoms with Gasteiger partial charge in [-0.05, 0) is 35.7 Å². The number of H-pyrrole nitrogens is 2. The average Bonchev–Trinajstić information content (AvgIpc) is 3.66. The van der Waals surface area contributed by atoms with E-state index in [-0.39, 0.29) is 60.7 Å². The van der Waals surface area contributed by atoms with Crippen LogP contribution in [0.1, 0.15) is 22.3 Å². The number of aromatic amines is 2. The third-order valence-corrected chi connectivity index (χ3v) is 7.64. The number of likely N-dealkylation sites (tertiary alicyclic amines) is 1. The number of azide groups is 1. The number of ether oxygens (including phenoxy) is 2. The summed E-state index contributed by atoms with van der Waals surface area (Å²) in [7, 11) is 1.41. The number of rotatable bonds is 14. The van der Waals surface area contributed by atoms with E-state index in [0.29, 0.717) is 37.3 Å². The van der Waals surface area contributed by atoms with Crippen LogP contribution in [-0.4, -0.2) is 94.4 Å². The molecule has 19 nitrogen and oxygen atoms in total. The van der Waals surface area contributed by atoms with Crippen molar-refractivity contribution < 1.29 is 23.5 Å². The van der Waals surface area contributed by atoms with Gasteiger partial charge in [-0.2, -0.15) is 4.98 Å². The zero-order valence-corrected chi connectivity index (χ0v) is 25.4. The standard InChI is InChI=1S/C28H33N11O8/c1-38-19-10-15(2-3-18(19)26(43)47-28(38)44)25(42)39-14-17(36-37-30)11-20(39)23(40)32-5-7-46-9-8-45-6-4-31-12-16-13-33-22-21(16)24(41)35-27(29)34-22/h2-3,10,13,17,20,31H,4-9,11-12,14H2,1H3,(H,32,40)(H4,29,33,34,35,41)/t17-,20-/m0/s1. The fraction of sp³-hybridized carbons (Fsp3) is 0.429. The summed E-state index contributed by atoms with van der Waals surface area (Å²) in [5.41, 5.74) is 14.9. The molecule has 248 valence electrons. The van der Waals surface area contributed by atoms with Crippen molar-refractivity contribution in [1.29, 1.82) is 0 Å². The molecule has 6 N–H and O–H groups in total. The Morgan fingerprint density at radius 2 is 1.96 bits per heavy atom. The summed E-state index contributed by atoms with van der Waals surface area (Å²) in [6.07, 6.45) is 1.83. The molecule has 1 aliphatic heterocycles. The quantitative estimate of drug-likeness (QED) is 0.0500. The van der Waals surface area contributed by atoms with Gasteiger partial charge in [0, 0.05) is 49.9 Å². The Bertz CT molecular complexity index is 2010. The minimum Gasteiger partial charge on any atom is -0.378 e. The van der Waals surface area contributed by atoms with Gasteiger partial charge < -0.3 is 40.1 Å². The summed E-state index contributed by atoms with van der Waals surface area (Å²) < 4.78 is 16.8. The van der Waals surface area contributed by atoms with Gasteiger partial charge in [0.25, 0.3) is 11.5 Å². The highest BCUT2D eigenvalue weighted by Gasteiger charge is 2.39. The number of hydrogen-bond donors (Lipinski definition) is 5. The van der Waals surface area contributed by atoms with Crippen LogP contribution in [0.5, 0.6) is 0 Å². The van der Waals surface area contributed by atoms with Gasteiger partial charge in [0.15, 0.2) is 0 Å². The first-order chi connectivity index (χ1) is 22.7. The molecule has 1 aromatic carbocycles. The second-order valence-corrected chi connectivity index (χ2v) is 10.7. The fourth-order valence-corrected chi connectivity index (χ4v) is 5.34. The van der Waals surface area contributed by atoms with Crippen LogP contribution in [0.2, 0.25) is 0 Å². The van der Waals surface area contributed by atoms with Gasteiger partial charge in [-0.25, -0.2) is 9.59 Å². The summed E-state index contributed by atoms with van der Waals surface area (Å²) >= 11 is 0. The molecular formula is C28H33N11O8.